The molecule has 0 aliphatic heterocycles. The zero-order valence-electron chi connectivity index (χ0n) is 9.82. The van der Waals surface area contributed by atoms with Crippen molar-refractivity contribution in [3.63, 3.8) is 0 Å². The molecule has 1 N–H and O–H groups in total. The number of aromatic nitrogens is 4. The van der Waals surface area contributed by atoms with Gasteiger partial charge in [0.05, 0.1) is 38.5 Å². The van der Waals surface area contributed by atoms with E-state index in [2.05, 4.69) is 15.2 Å². The summed E-state index contributed by atoms with van der Waals surface area (Å²) in [6, 6.07) is 3.20. The number of rotatable bonds is 1. The molecule has 0 spiro atoms. The SMILES string of the molecule is Cc1[nH]ncc1-n1cnc2c(Cl)ccc(Cl)c2c1=O. The Labute approximate surface area is 117 Å². The average Bonchev–Trinajstić information content (AvgIpc) is 2.80. The van der Waals surface area contributed by atoms with E-state index in [1.165, 1.54) is 10.9 Å². The minimum atomic E-state index is -0.276. The van der Waals surface area contributed by atoms with Gasteiger partial charge in [0.2, 0.25) is 0 Å². The number of fused-ring (bicyclic) bond motifs is 1. The van der Waals surface area contributed by atoms with Crippen LogP contribution in [0.5, 0.6) is 0 Å². The molecule has 2 aromatic heterocycles. The number of benzene rings is 1. The van der Waals surface area contributed by atoms with E-state index in [1.807, 2.05) is 6.92 Å². The molecule has 0 radical (unpaired) electrons. The molecule has 19 heavy (non-hydrogen) atoms. The summed E-state index contributed by atoms with van der Waals surface area (Å²) in [5.41, 5.74) is 1.52. The molecule has 7 heteroatoms. The smallest absolute Gasteiger partial charge is 0.267 e. The van der Waals surface area contributed by atoms with Crippen LogP contribution in [-0.4, -0.2) is 19.7 Å². The number of nitrogens with zero attached hydrogens (tertiary/aromatic N) is 3. The Kier molecular flexibility index (Phi) is 2.80. The Morgan fingerprint density at radius 3 is 2.68 bits per heavy atom. The monoisotopic (exact) mass is 294 g/mol. The molecular weight excluding hydrogens is 287 g/mol. The first-order valence-corrected chi connectivity index (χ1v) is 6.21. The third-order valence-electron chi connectivity index (χ3n) is 2.88. The first kappa shape index (κ1) is 12.2. The minimum Gasteiger partial charge on any atom is -0.281 e. The molecule has 1 aromatic carbocycles. The maximum atomic E-state index is 12.5. The van der Waals surface area contributed by atoms with Gasteiger partial charge < -0.3 is 0 Å². The number of H-pyrrole nitrogens is 1. The van der Waals surface area contributed by atoms with Crippen LogP contribution in [-0.2, 0) is 0 Å². The normalized spacial score (nSPS) is 11.1. The number of hydrogen-bond donors (Lipinski definition) is 1. The van der Waals surface area contributed by atoms with Gasteiger partial charge in [0.25, 0.3) is 5.56 Å². The lowest BCUT2D eigenvalue weighted by atomic mass is 10.2. The lowest BCUT2D eigenvalue weighted by Gasteiger charge is -2.07. The Balaban J connectivity index is 2.43. The Bertz CT molecular complexity index is 837. The molecule has 0 unspecified atom stereocenters. The van der Waals surface area contributed by atoms with Crippen LogP contribution in [0.2, 0.25) is 10.0 Å². The van der Waals surface area contributed by atoms with Crippen molar-refractivity contribution in [2.24, 2.45) is 0 Å². The van der Waals surface area contributed by atoms with E-state index >= 15 is 0 Å². The maximum absolute atomic E-state index is 12.5. The van der Waals surface area contributed by atoms with Crippen LogP contribution in [0, 0.1) is 6.92 Å². The largest absolute Gasteiger partial charge is 0.281 e. The molecule has 0 amide bonds. The van der Waals surface area contributed by atoms with Crippen molar-refractivity contribution >= 4 is 34.1 Å². The highest BCUT2D eigenvalue weighted by Crippen LogP contribution is 2.25. The van der Waals surface area contributed by atoms with Crippen molar-refractivity contribution in [3.8, 4) is 5.69 Å². The van der Waals surface area contributed by atoms with E-state index in [0.29, 0.717) is 26.6 Å². The topological polar surface area (TPSA) is 63.6 Å². The fourth-order valence-electron chi connectivity index (χ4n) is 1.92. The molecule has 0 fully saturated rings. The third-order valence-corrected chi connectivity index (χ3v) is 3.50. The molecule has 2 heterocycles. The number of halogens is 2. The second-order valence-corrected chi connectivity index (χ2v) is 4.87. The van der Waals surface area contributed by atoms with Crippen molar-refractivity contribution in [2.75, 3.05) is 0 Å². The van der Waals surface area contributed by atoms with Gasteiger partial charge in [-0.05, 0) is 19.1 Å². The number of aryl methyl sites for hydroxylation is 1. The first-order chi connectivity index (χ1) is 9.09. The van der Waals surface area contributed by atoms with Crippen molar-refractivity contribution < 1.29 is 0 Å². The quantitative estimate of drug-likeness (QED) is 0.750. The summed E-state index contributed by atoms with van der Waals surface area (Å²) in [5.74, 6) is 0. The van der Waals surface area contributed by atoms with Gasteiger partial charge >= 0.3 is 0 Å². The highest BCUT2D eigenvalue weighted by atomic mass is 35.5. The van der Waals surface area contributed by atoms with Crippen LogP contribution in [0.4, 0.5) is 0 Å². The van der Waals surface area contributed by atoms with E-state index in [9.17, 15) is 4.79 Å². The lowest BCUT2D eigenvalue weighted by Crippen LogP contribution is -2.19. The molecule has 0 aliphatic rings. The molecule has 0 bridgehead atoms. The fourth-order valence-corrected chi connectivity index (χ4v) is 2.36. The van der Waals surface area contributed by atoms with E-state index in [1.54, 1.807) is 18.3 Å². The average molecular weight is 295 g/mol. The van der Waals surface area contributed by atoms with Crippen LogP contribution in [0.15, 0.2) is 29.5 Å². The summed E-state index contributed by atoms with van der Waals surface area (Å²) in [4.78, 5) is 16.7. The molecule has 0 saturated heterocycles. The van der Waals surface area contributed by atoms with E-state index in [0.717, 1.165) is 5.69 Å². The molecule has 0 aliphatic carbocycles. The first-order valence-electron chi connectivity index (χ1n) is 5.45. The van der Waals surface area contributed by atoms with Crippen molar-refractivity contribution in [2.45, 2.75) is 6.92 Å². The molecule has 96 valence electrons. The molecule has 3 rings (SSSR count). The second kappa shape index (κ2) is 4.36. The van der Waals surface area contributed by atoms with Crippen LogP contribution >= 0.6 is 23.2 Å². The second-order valence-electron chi connectivity index (χ2n) is 4.05. The van der Waals surface area contributed by atoms with Gasteiger partial charge in [0.15, 0.2) is 0 Å². The molecule has 5 nitrogen and oxygen atoms in total. The molecule has 0 saturated carbocycles. The van der Waals surface area contributed by atoms with E-state index in [4.69, 9.17) is 23.2 Å². The van der Waals surface area contributed by atoms with Crippen LogP contribution in [0.25, 0.3) is 16.6 Å². The Morgan fingerprint density at radius 2 is 2.00 bits per heavy atom. The zero-order chi connectivity index (χ0) is 13.6. The summed E-state index contributed by atoms with van der Waals surface area (Å²) in [6.45, 7) is 1.82. The number of aromatic amines is 1. The van der Waals surface area contributed by atoms with Gasteiger partial charge in [-0.25, -0.2) is 4.98 Å². The minimum absolute atomic E-state index is 0.276. The third kappa shape index (κ3) is 1.82. The van der Waals surface area contributed by atoms with Gasteiger partial charge in [-0.3, -0.25) is 14.5 Å². The van der Waals surface area contributed by atoms with Crippen molar-refractivity contribution in [1.82, 2.24) is 19.7 Å². The summed E-state index contributed by atoms with van der Waals surface area (Å²) < 4.78 is 1.39. The summed E-state index contributed by atoms with van der Waals surface area (Å²) in [5, 5.41) is 7.68. The van der Waals surface area contributed by atoms with Crippen LogP contribution in [0.1, 0.15) is 5.69 Å². The molecule has 0 atom stereocenters. The van der Waals surface area contributed by atoms with Gasteiger partial charge in [0, 0.05) is 0 Å². The molecule has 3 aromatic rings. The zero-order valence-corrected chi connectivity index (χ0v) is 11.3. The van der Waals surface area contributed by atoms with Gasteiger partial charge in [-0.1, -0.05) is 23.2 Å². The van der Waals surface area contributed by atoms with Crippen LogP contribution in [0.3, 0.4) is 0 Å². The Hall–Kier alpha value is -1.85. The standard InChI is InChI=1S/C12H8Cl2N4O/c1-6-9(4-16-17-6)18-5-15-11-8(14)3-2-7(13)10(11)12(18)19/h2-5H,1H3,(H,16,17). The summed E-state index contributed by atoms with van der Waals surface area (Å²) >= 11 is 12.1. The number of nitrogens with one attached hydrogen (secondary N) is 1. The maximum Gasteiger partial charge on any atom is 0.267 e. The van der Waals surface area contributed by atoms with Gasteiger partial charge in [-0.15, -0.1) is 0 Å². The van der Waals surface area contributed by atoms with Crippen LogP contribution < -0.4 is 5.56 Å². The van der Waals surface area contributed by atoms with Crippen molar-refractivity contribution in [3.05, 3.63) is 50.7 Å². The predicted molar refractivity (Wildman–Crippen MR) is 74.2 cm³/mol. The summed E-state index contributed by atoms with van der Waals surface area (Å²) in [6.07, 6.45) is 2.98. The highest BCUT2D eigenvalue weighted by molar-refractivity contribution is 6.39. The van der Waals surface area contributed by atoms with Gasteiger partial charge in [-0.2, -0.15) is 5.10 Å². The number of hydrogen-bond acceptors (Lipinski definition) is 3. The lowest BCUT2D eigenvalue weighted by molar-refractivity contribution is 0.951. The van der Waals surface area contributed by atoms with E-state index in [-0.39, 0.29) is 5.56 Å². The summed E-state index contributed by atoms with van der Waals surface area (Å²) in [7, 11) is 0. The molecular formula is C12H8Cl2N4O. The fraction of sp³-hybridized carbons (Fsp3) is 0.0833. The van der Waals surface area contributed by atoms with E-state index < -0.39 is 0 Å². The van der Waals surface area contributed by atoms with Gasteiger partial charge in [0.1, 0.15) is 6.33 Å². The van der Waals surface area contributed by atoms with Crippen molar-refractivity contribution in [1.29, 1.82) is 0 Å². The predicted octanol–water partition coefficient (Wildman–Crippen LogP) is 2.72. The highest BCUT2D eigenvalue weighted by Gasteiger charge is 2.13. The Morgan fingerprint density at radius 1 is 1.26 bits per heavy atom.